The zero-order valence-corrected chi connectivity index (χ0v) is 13.6. The zero-order chi connectivity index (χ0) is 16.2. The molecule has 7 nitrogen and oxygen atoms in total. The molecule has 3 rings (SSSR count). The first-order chi connectivity index (χ1) is 11.2. The Balaban J connectivity index is 1.87. The normalized spacial score (nSPS) is 12.3. The number of nitrogens with zero attached hydrogens (tertiary/aromatic N) is 4. The van der Waals surface area contributed by atoms with E-state index in [0.29, 0.717) is 29.6 Å². The van der Waals surface area contributed by atoms with Crippen molar-refractivity contribution in [2.75, 3.05) is 25.7 Å². The number of benzene rings is 1. The van der Waals surface area contributed by atoms with Crippen molar-refractivity contribution in [3.05, 3.63) is 36.8 Å². The van der Waals surface area contributed by atoms with Gasteiger partial charge in [0, 0.05) is 24.0 Å². The summed E-state index contributed by atoms with van der Waals surface area (Å²) in [6.07, 6.45) is 6.90. The van der Waals surface area contributed by atoms with Gasteiger partial charge in [0.2, 0.25) is 0 Å². The third kappa shape index (κ3) is 3.54. The lowest BCUT2D eigenvalue weighted by Gasteiger charge is -2.11. The van der Waals surface area contributed by atoms with Crippen LogP contribution in [-0.4, -0.2) is 49.9 Å². The standard InChI is InChI=1S/C15H16N4O3S/c1-21-14-9-11(22-7-8-23(2)20)3-4-12(14)13-10-19-6-5-16-18-15(19)17-13/h3-6,9-10H,7-8H2,1-2H3. The van der Waals surface area contributed by atoms with Crippen LogP contribution in [0.3, 0.4) is 0 Å². The van der Waals surface area contributed by atoms with Crippen LogP contribution in [-0.2, 0) is 11.2 Å². The first-order valence-corrected chi connectivity index (χ1v) is 8.68. The summed E-state index contributed by atoms with van der Waals surface area (Å²) in [6, 6.07) is 5.52. The maximum atomic E-state index is 11.1. The molecule has 0 spiro atoms. The van der Waals surface area contributed by atoms with Gasteiger partial charge in [-0.15, -0.1) is 5.10 Å². The lowest BCUT2D eigenvalue weighted by molar-refractivity contribution is 0.337. The van der Waals surface area contributed by atoms with Crippen LogP contribution in [0, 0.1) is 0 Å². The molecule has 1 atom stereocenters. The van der Waals surface area contributed by atoms with Gasteiger partial charge < -0.3 is 14.0 Å². The molecule has 0 N–H and O–H groups in total. The van der Waals surface area contributed by atoms with Gasteiger partial charge in [-0.3, -0.25) is 4.40 Å². The second-order valence-corrected chi connectivity index (χ2v) is 6.39. The van der Waals surface area contributed by atoms with E-state index < -0.39 is 11.2 Å². The Morgan fingerprint density at radius 3 is 2.96 bits per heavy atom. The van der Waals surface area contributed by atoms with Gasteiger partial charge in [0.15, 0.2) is 0 Å². The number of methoxy groups -OCH3 is 1. The van der Waals surface area contributed by atoms with E-state index in [1.54, 1.807) is 36.2 Å². The van der Waals surface area contributed by atoms with Gasteiger partial charge in [0.05, 0.1) is 25.3 Å². The SMILES string of the molecule is COc1cc(OCC[S+](C)[O-])ccc1-c1cn2ccnnc2n1. The molecule has 0 amide bonds. The predicted molar refractivity (Wildman–Crippen MR) is 87.2 cm³/mol. The molecule has 0 fully saturated rings. The Bertz CT molecular complexity index is 773. The zero-order valence-electron chi connectivity index (χ0n) is 12.8. The molecule has 23 heavy (non-hydrogen) atoms. The molecule has 3 aromatic rings. The van der Waals surface area contributed by atoms with E-state index in [1.807, 2.05) is 18.3 Å². The quantitative estimate of drug-likeness (QED) is 0.637. The Morgan fingerprint density at radius 2 is 2.22 bits per heavy atom. The first kappa shape index (κ1) is 15.6. The van der Waals surface area contributed by atoms with Crippen molar-refractivity contribution in [2.45, 2.75) is 0 Å². The number of rotatable bonds is 6. The maximum Gasteiger partial charge on any atom is 0.254 e. The second-order valence-electron chi connectivity index (χ2n) is 4.83. The van der Waals surface area contributed by atoms with E-state index in [2.05, 4.69) is 15.2 Å². The fourth-order valence-corrected chi connectivity index (χ4v) is 2.45. The molecule has 0 aliphatic rings. The minimum Gasteiger partial charge on any atom is -0.616 e. The Kier molecular flexibility index (Phi) is 4.63. The topological polar surface area (TPSA) is 84.6 Å². The van der Waals surface area contributed by atoms with Crippen LogP contribution in [0.2, 0.25) is 0 Å². The number of aromatic nitrogens is 4. The van der Waals surface area contributed by atoms with E-state index in [1.165, 1.54) is 0 Å². The highest BCUT2D eigenvalue weighted by atomic mass is 32.2. The molecule has 0 saturated heterocycles. The van der Waals surface area contributed by atoms with Crippen molar-refractivity contribution in [3.8, 4) is 22.8 Å². The molecule has 0 aliphatic carbocycles. The molecular weight excluding hydrogens is 316 g/mol. The van der Waals surface area contributed by atoms with Gasteiger partial charge >= 0.3 is 0 Å². The third-order valence-corrected chi connectivity index (χ3v) is 3.98. The molecule has 2 heterocycles. The van der Waals surface area contributed by atoms with E-state index >= 15 is 0 Å². The second kappa shape index (κ2) is 6.84. The van der Waals surface area contributed by atoms with Crippen LogP contribution < -0.4 is 9.47 Å². The van der Waals surface area contributed by atoms with E-state index in [-0.39, 0.29) is 0 Å². The molecule has 1 aromatic carbocycles. The Morgan fingerprint density at radius 1 is 1.35 bits per heavy atom. The summed E-state index contributed by atoms with van der Waals surface area (Å²) in [5.41, 5.74) is 1.58. The van der Waals surface area contributed by atoms with Crippen molar-refractivity contribution in [3.63, 3.8) is 0 Å². The molecule has 8 heteroatoms. The molecule has 0 radical (unpaired) electrons. The number of ether oxygens (including phenoxy) is 2. The van der Waals surface area contributed by atoms with Crippen LogP contribution in [0.5, 0.6) is 11.5 Å². The minimum atomic E-state index is -0.871. The van der Waals surface area contributed by atoms with E-state index in [0.717, 1.165) is 11.3 Å². The summed E-state index contributed by atoms with van der Waals surface area (Å²) < 4.78 is 23.9. The summed E-state index contributed by atoms with van der Waals surface area (Å²) in [5, 5.41) is 7.78. The number of hydrogen-bond acceptors (Lipinski definition) is 6. The molecule has 0 saturated carbocycles. The number of imidazole rings is 1. The van der Waals surface area contributed by atoms with E-state index in [4.69, 9.17) is 9.47 Å². The molecule has 2 aromatic heterocycles. The minimum absolute atomic E-state index is 0.398. The smallest absolute Gasteiger partial charge is 0.254 e. The third-order valence-electron chi connectivity index (χ3n) is 3.24. The van der Waals surface area contributed by atoms with Crippen molar-refractivity contribution in [1.82, 2.24) is 19.6 Å². The van der Waals surface area contributed by atoms with Gasteiger partial charge in [0.1, 0.15) is 23.9 Å². The molecule has 120 valence electrons. The Labute approximate surface area is 136 Å². The summed E-state index contributed by atoms with van der Waals surface area (Å²) >= 11 is -0.871. The predicted octanol–water partition coefficient (Wildman–Crippen LogP) is 1.56. The van der Waals surface area contributed by atoms with Crippen molar-refractivity contribution < 1.29 is 14.0 Å². The highest BCUT2D eigenvalue weighted by Crippen LogP contribution is 2.32. The molecule has 1 unspecified atom stereocenters. The highest BCUT2D eigenvalue weighted by Gasteiger charge is 2.12. The van der Waals surface area contributed by atoms with Crippen LogP contribution in [0.4, 0.5) is 0 Å². The lowest BCUT2D eigenvalue weighted by Crippen LogP contribution is -2.12. The molecular formula is C15H16N4O3S. The van der Waals surface area contributed by atoms with Gasteiger partial charge in [0.25, 0.3) is 5.78 Å². The highest BCUT2D eigenvalue weighted by molar-refractivity contribution is 7.90. The largest absolute Gasteiger partial charge is 0.616 e. The summed E-state index contributed by atoms with van der Waals surface area (Å²) in [5.74, 6) is 2.33. The molecule has 0 aliphatic heterocycles. The Hall–Kier alpha value is -2.32. The van der Waals surface area contributed by atoms with Gasteiger partial charge in [-0.1, -0.05) is 11.2 Å². The maximum absolute atomic E-state index is 11.1. The van der Waals surface area contributed by atoms with Crippen molar-refractivity contribution in [2.24, 2.45) is 0 Å². The average molecular weight is 332 g/mol. The van der Waals surface area contributed by atoms with Crippen LogP contribution in [0.15, 0.2) is 36.8 Å². The van der Waals surface area contributed by atoms with Crippen molar-refractivity contribution in [1.29, 1.82) is 0 Å². The summed E-state index contributed by atoms with van der Waals surface area (Å²) in [6.45, 7) is 0.398. The van der Waals surface area contributed by atoms with Crippen LogP contribution in [0.1, 0.15) is 0 Å². The lowest BCUT2D eigenvalue weighted by atomic mass is 10.1. The van der Waals surface area contributed by atoms with Crippen molar-refractivity contribution >= 4 is 17.0 Å². The molecule has 0 bridgehead atoms. The first-order valence-electron chi connectivity index (χ1n) is 6.95. The van der Waals surface area contributed by atoms with Gasteiger partial charge in [-0.2, -0.15) is 5.10 Å². The monoisotopic (exact) mass is 332 g/mol. The summed E-state index contributed by atoms with van der Waals surface area (Å²) in [4.78, 5) is 4.43. The van der Waals surface area contributed by atoms with Gasteiger partial charge in [-0.25, -0.2) is 4.98 Å². The fraction of sp³-hybridized carbons (Fsp3) is 0.267. The van der Waals surface area contributed by atoms with Crippen LogP contribution in [0.25, 0.3) is 17.0 Å². The van der Waals surface area contributed by atoms with Gasteiger partial charge in [-0.05, 0) is 12.1 Å². The average Bonchev–Trinajstić information content (AvgIpc) is 2.98. The fourth-order valence-electron chi connectivity index (χ4n) is 2.13. The number of hydrogen-bond donors (Lipinski definition) is 0. The number of fused-ring (bicyclic) bond motifs is 1. The van der Waals surface area contributed by atoms with Crippen LogP contribution >= 0.6 is 0 Å². The summed E-state index contributed by atoms with van der Waals surface area (Å²) in [7, 11) is 1.60. The van der Waals surface area contributed by atoms with E-state index in [9.17, 15) is 4.55 Å².